The average molecular weight is 311 g/mol. The summed E-state index contributed by atoms with van der Waals surface area (Å²) in [5.74, 6) is 0.872. The number of amidine groups is 1. The molecule has 2 aromatic heterocycles. The molecule has 3 N–H and O–H groups in total. The molecule has 7 heteroatoms. The monoisotopic (exact) mass is 311 g/mol. The van der Waals surface area contributed by atoms with E-state index in [-0.39, 0.29) is 5.84 Å². The molecule has 22 heavy (non-hydrogen) atoms. The fourth-order valence-corrected chi connectivity index (χ4v) is 2.53. The summed E-state index contributed by atoms with van der Waals surface area (Å²) in [5.41, 5.74) is 7.67. The van der Waals surface area contributed by atoms with Crippen LogP contribution < -0.4 is 5.73 Å². The van der Waals surface area contributed by atoms with Crippen molar-refractivity contribution in [3.63, 3.8) is 0 Å². The van der Waals surface area contributed by atoms with Gasteiger partial charge in [-0.25, -0.2) is 4.98 Å². The van der Waals surface area contributed by atoms with E-state index in [9.17, 15) is 0 Å². The predicted molar refractivity (Wildman–Crippen MR) is 85.8 cm³/mol. The Morgan fingerprint density at radius 3 is 2.91 bits per heavy atom. The van der Waals surface area contributed by atoms with Gasteiger partial charge in [0, 0.05) is 17.3 Å². The van der Waals surface area contributed by atoms with Gasteiger partial charge in [-0.2, -0.15) is 4.98 Å². The summed E-state index contributed by atoms with van der Waals surface area (Å²) in [7, 11) is 0. The molecule has 0 spiro atoms. The number of nitrogens with two attached hydrogens (primary N) is 1. The zero-order chi connectivity index (χ0) is 15.5. The van der Waals surface area contributed by atoms with E-state index in [4.69, 9.17) is 15.7 Å². The van der Waals surface area contributed by atoms with Gasteiger partial charge in [-0.3, -0.25) is 5.41 Å². The quantitative estimate of drug-likeness (QED) is 0.436. The molecule has 0 saturated heterocycles. The Bertz CT molecular complexity index is 830. The molecule has 0 aliphatic rings. The van der Waals surface area contributed by atoms with E-state index in [0.717, 1.165) is 16.2 Å². The van der Waals surface area contributed by atoms with Crippen molar-refractivity contribution in [2.45, 2.75) is 5.03 Å². The maximum atomic E-state index is 7.49. The number of benzene rings is 1. The Hall–Kier alpha value is -2.67. The Morgan fingerprint density at radius 2 is 2.14 bits per heavy atom. The van der Waals surface area contributed by atoms with Crippen LogP contribution in [0.15, 0.2) is 52.1 Å². The smallest absolute Gasteiger partial charge is 0.260 e. The molecular formula is C15H13N5OS. The molecule has 110 valence electrons. The van der Waals surface area contributed by atoms with Gasteiger partial charge in [-0.15, -0.1) is 11.8 Å². The number of nitrogens with zero attached hydrogens (tertiary/aromatic N) is 3. The van der Waals surface area contributed by atoms with E-state index in [1.54, 1.807) is 24.4 Å². The number of hydrogen-bond acceptors (Lipinski definition) is 6. The maximum Gasteiger partial charge on any atom is 0.260 e. The van der Waals surface area contributed by atoms with Crippen molar-refractivity contribution in [2.24, 2.45) is 5.73 Å². The van der Waals surface area contributed by atoms with E-state index in [2.05, 4.69) is 15.1 Å². The lowest BCUT2D eigenvalue weighted by Crippen LogP contribution is -2.10. The first-order valence-electron chi connectivity index (χ1n) is 6.47. The number of thioether (sulfide) groups is 1. The van der Waals surface area contributed by atoms with Crippen LogP contribution >= 0.6 is 11.8 Å². The lowest BCUT2D eigenvalue weighted by atomic mass is 10.1. The molecule has 3 rings (SSSR count). The molecule has 3 aromatic rings. The number of aromatic nitrogens is 3. The van der Waals surface area contributed by atoms with Crippen molar-refractivity contribution in [3.05, 3.63) is 48.2 Å². The van der Waals surface area contributed by atoms with Crippen LogP contribution in [-0.4, -0.2) is 27.2 Å². The number of hydrogen-bond donors (Lipinski definition) is 2. The molecule has 6 nitrogen and oxygen atoms in total. The average Bonchev–Trinajstić information content (AvgIpc) is 3.04. The van der Waals surface area contributed by atoms with Gasteiger partial charge in [0.05, 0.1) is 5.56 Å². The molecule has 0 saturated carbocycles. The molecule has 0 unspecified atom stereocenters. The highest BCUT2D eigenvalue weighted by atomic mass is 32.2. The molecule has 0 radical (unpaired) electrons. The van der Waals surface area contributed by atoms with E-state index in [1.165, 1.54) is 11.8 Å². The van der Waals surface area contributed by atoms with Crippen LogP contribution in [0, 0.1) is 5.41 Å². The summed E-state index contributed by atoms with van der Waals surface area (Å²) < 4.78 is 5.35. The summed E-state index contributed by atoms with van der Waals surface area (Å²) in [6.45, 7) is 0. The zero-order valence-electron chi connectivity index (χ0n) is 11.8. The highest BCUT2D eigenvalue weighted by Crippen LogP contribution is 2.28. The summed E-state index contributed by atoms with van der Waals surface area (Å²) >= 11 is 1.52. The van der Waals surface area contributed by atoms with E-state index in [0.29, 0.717) is 17.3 Å². The fraction of sp³-hybridized carbons (Fsp3) is 0.0667. The summed E-state index contributed by atoms with van der Waals surface area (Å²) in [6, 6.07) is 10.9. The first-order valence-corrected chi connectivity index (χ1v) is 7.69. The molecule has 0 atom stereocenters. The number of pyridine rings is 1. The van der Waals surface area contributed by atoms with Crippen LogP contribution in [-0.2, 0) is 0 Å². The summed E-state index contributed by atoms with van der Waals surface area (Å²) in [4.78, 5) is 8.70. The third kappa shape index (κ3) is 2.71. The van der Waals surface area contributed by atoms with Gasteiger partial charge in [-0.05, 0) is 24.5 Å². The molecule has 0 aliphatic heterocycles. The van der Waals surface area contributed by atoms with Crippen molar-refractivity contribution >= 4 is 17.6 Å². The second-order valence-electron chi connectivity index (χ2n) is 4.48. The Balaban J connectivity index is 2.01. The Labute approximate surface area is 131 Å². The predicted octanol–water partition coefficient (Wildman–Crippen LogP) is 2.80. The Morgan fingerprint density at radius 1 is 1.27 bits per heavy atom. The number of nitrogen functional groups attached to an aromatic ring is 1. The largest absolute Gasteiger partial charge is 0.384 e. The van der Waals surface area contributed by atoms with Gasteiger partial charge in [-0.1, -0.05) is 23.4 Å². The first kappa shape index (κ1) is 14.3. The fourth-order valence-electron chi connectivity index (χ4n) is 1.99. The first-order chi connectivity index (χ1) is 10.7. The lowest BCUT2D eigenvalue weighted by Gasteiger charge is -2.00. The summed E-state index contributed by atoms with van der Waals surface area (Å²) in [5, 5.41) is 12.3. The number of nitrogens with one attached hydrogen (secondary N) is 1. The van der Waals surface area contributed by atoms with Crippen molar-refractivity contribution in [1.29, 1.82) is 5.41 Å². The minimum atomic E-state index is 0.00231. The van der Waals surface area contributed by atoms with Crippen LogP contribution in [0.3, 0.4) is 0 Å². The van der Waals surface area contributed by atoms with E-state index < -0.39 is 0 Å². The van der Waals surface area contributed by atoms with Crippen molar-refractivity contribution in [3.8, 4) is 22.8 Å². The van der Waals surface area contributed by atoms with Gasteiger partial charge < -0.3 is 10.3 Å². The molecule has 2 heterocycles. The zero-order valence-corrected chi connectivity index (χ0v) is 12.6. The molecule has 1 aromatic carbocycles. The van der Waals surface area contributed by atoms with Gasteiger partial charge in [0.25, 0.3) is 5.89 Å². The topological polar surface area (TPSA) is 102 Å². The van der Waals surface area contributed by atoms with Crippen LogP contribution in [0.25, 0.3) is 22.8 Å². The maximum absolute atomic E-state index is 7.49. The SMILES string of the molecule is CSc1ncccc1-c1nc(-c2cccc(C(=N)N)c2)no1. The molecule has 0 bridgehead atoms. The van der Waals surface area contributed by atoms with Crippen LogP contribution in [0.5, 0.6) is 0 Å². The minimum Gasteiger partial charge on any atom is -0.384 e. The third-order valence-corrected chi connectivity index (χ3v) is 3.76. The third-order valence-electron chi connectivity index (χ3n) is 3.05. The molecule has 0 amide bonds. The standard InChI is InChI=1S/C15H13N5OS/c1-22-15-11(6-3-7-18-15)14-19-13(20-21-14)10-5-2-4-9(8-10)12(16)17/h2-8H,1H3,(H3,16,17). The normalized spacial score (nSPS) is 10.6. The van der Waals surface area contributed by atoms with E-state index >= 15 is 0 Å². The highest BCUT2D eigenvalue weighted by Gasteiger charge is 2.14. The van der Waals surface area contributed by atoms with Gasteiger partial charge in [0.1, 0.15) is 10.9 Å². The van der Waals surface area contributed by atoms with Crippen molar-refractivity contribution in [2.75, 3.05) is 6.26 Å². The summed E-state index contributed by atoms with van der Waals surface area (Å²) in [6.07, 6.45) is 3.67. The van der Waals surface area contributed by atoms with Crippen LogP contribution in [0.1, 0.15) is 5.56 Å². The minimum absolute atomic E-state index is 0.00231. The second-order valence-corrected chi connectivity index (χ2v) is 5.27. The van der Waals surface area contributed by atoms with E-state index in [1.807, 2.05) is 24.5 Å². The van der Waals surface area contributed by atoms with Gasteiger partial charge in [0.2, 0.25) is 5.82 Å². The number of rotatable bonds is 4. The van der Waals surface area contributed by atoms with Gasteiger partial charge in [0.15, 0.2) is 0 Å². The van der Waals surface area contributed by atoms with Crippen molar-refractivity contribution < 1.29 is 4.52 Å². The molecule has 0 fully saturated rings. The molecule has 0 aliphatic carbocycles. The highest BCUT2D eigenvalue weighted by molar-refractivity contribution is 7.98. The Kier molecular flexibility index (Phi) is 3.88. The van der Waals surface area contributed by atoms with Crippen LogP contribution in [0.4, 0.5) is 0 Å². The van der Waals surface area contributed by atoms with Crippen LogP contribution in [0.2, 0.25) is 0 Å². The van der Waals surface area contributed by atoms with Crippen molar-refractivity contribution in [1.82, 2.24) is 15.1 Å². The lowest BCUT2D eigenvalue weighted by molar-refractivity contribution is 0.431. The van der Waals surface area contributed by atoms with Gasteiger partial charge >= 0.3 is 0 Å². The second kappa shape index (κ2) is 5.98. The molecular weight excluding hydrogens is 298 g/mol.